The van der Waals surface area contributed by atoms with Crippen molar-refractivity contribution >= 4 is 22.0 Å². The van der Waals surface area contributed by atoms with Gasteiger partial charge < -0.3 is 0 Å². The Morgan fingerprint density at radius 2 is 1.28 bits per heavy atom. The Morgan fingerprint density at radius 1 is 0.583 bits per heavy atom. The molecule has 3 aliphatic carbocycles. The normalized spacial score (nSPS) is 15.2. The number of allylic oxidation sites excluding steroid dienone is 1. The first-order valence-corrected chi connectivity index (χ1v) is 13.5. The summed E-state index contributed by atoms with van der Waals surface area (Å²) in [5, 5.41) is 0. The van der Waals surface area contributed by atoms with Gasteiger partial charge in [0.15, 0.2) is 0 Å². The van der Waals surface area contributed by atoms with E-state index < -0.39 is 0 Å². The summed E-state index contributed by atoms with van der Waals surface area (Å²) >= 11 is 3.60. The second-order valence-corrected chi connectivity index (χ2v) is 11.0. The number of rotatable bonds is 1. The number of halogens is 1. The number of fused-ring (bicyclic) bond motifs is 12. The largest absolute Gasteiger partial charge is 0.0836 e. The first-order valence-electron chi connectivity index (χ1n) is 12.7. The van der Waals surface area contributed by atoms with Gasteiger partial charge in [0.1, 0.15) is 0 Å². The molecule has 1 spiro atoms. The quantitative estimate of drug-likeness (QED) is 0.201. The van der Waals surface area contributed by atoms with Crippen LogP contribution in [0, 0.1) is 0 Å². The lowest BCUT2D eigenvalue weighted by atomic mass is 9.70. The maximum Gasteiger partial charge on any atom is 0.0725 e. The molecule has 0 N–H and O–H groups in total. The highest BCUT2D eigenvalue weighted by atomic mass is 79.9. The van der Waals surface area contributed by atoms with Crippen LogP contribution < -0.4 is 0 Å². The minimum atomic E-state index is -0.302. The highest BCUT2D eigenvalue weighted by Gasteiger charge is 2.52. The topological polar surface area (TPSA) is 0 Å². The van der Waals surface area contributed by atoms with Gasteiger partial charge in [-0.05, 0) is 97.8 Å². The van der Waals surface area contributed by atoms with Crippen LogP contribution in [-0.4, -0.2) is 0 Å². The van der Waals surface area contributed by atoms with Gasteiger partial charge >= 0.3 is 0 Å². The smallest absolute Gasteiger partial charge is 0.0725 e. The standard InChI is InChI=1S/C35H23Br/c36-25-17-13-22(14-18-25)24-15-19-29-33(21-24)35(32-20-16-23-7-1-2-8-26(23)34(29)32)30-11-5-3-9-27(30)28-10-4-6-12-31(28)35/h2-6,8-21H,1,7H2. The Kier molecular flexibility index (Phi) is 4.22. The second kappa shape index (κ2) is 7.41. The van der Waals surface area contributed by atoms with Crippen molar-refractivity contribution in [1.82, 2.24) is 0 Å². The summed E-state index contributed by atoms with van der Waals surface area (Å²) in [5.74, 6) is 0. The molecule has 0 bridgehead atoms. The van der Waals surface area contributed by atoms with Crippen LogP contribution >= 0.6 is 15.9 Å². The maximum absolute atomic E-state index is 3.60. The van der Waals surface area contributed by atoms with E-state index in [1.807, 2.05) is 0 Å². The predicted octanol–water partition coefficient (Wildman–Crippen LogP) is 9.42. The molecular weight excluding hydrogens is 500 g/mol. The third-order valence-electron chi connectivity index (χ3n) is 8.43. The molecule has 0 saturated carbocycles. The summed E-state index contributed by atoms with van der Waals surface area (Å²) in [7, 11) is 0. The van der Waals surface area contributed by atoms with Gasteiger partial charge in [-0.3, -0.25) is 0 Å². The molecule has 1 heteroatoms. The van der Waals surface area contributed by atoms with Gasteiger partial charge in [0.2, 0.25) is 0 Å². The zero-order chi connectivity index (χ0) is 23.9. The van der Waals surface area contributed by atoms with Crippen LogP contribution in [0.15, 0.2) is 114 Å². The molecule has 36 heavy (non-hydrogen) atoms. The van der Waals surface area contributed by atoms with Gasteiger partial charge in [0.25, 0.3) is 0 Å². The number of benzene rings is 5. The van der Waals surface area contributed by atoms with Gasteiger partial charge in [-0.15, -0.1) is 0 Å². The zero-order valence-corrected chi connectivity index (χ0v) is 21.3. The average molecular weight is 523 g/mol. The minimum Gasteiger partial charge on any atom is -0.0836 e. The third kappa shape index (κ3) is 2.54. The van der Waals surface area contributed by atoms with E-state index in [4.69, 9.17) is 0 Å². The molecule has 0 amide bonds. The van der Waals surface area contributed by atoms with E-state index in [0.717, 1.165) is 17.3 Å². The fourth-order valence-electron chi connectivity index (χ4n) is 6.97. The fourth-order valence-corrected chi connectivity index (χ4v) is 7.23. The van der Waals surface area contributed by atoms with E-state index in [0.29, 0.717) is 0 Å². The summed E-state index contributed by atoms with van der Waals surface area (Å²) in [4.78, 5) is 0. The second-order valence-electron chi connectivity index (χ2n) is 10.1. The molecule has 0 unspecified atom stereocenters. The molecule has 0 saturated heterocycles. The zero-order valence-electron chi connectivity index (χ0n) is 19.8. The van der Waals surface area contributed by atoms with Crippen LogP contribution in [0.1, 0.15) is 39.8 Å². The summed E-state index contributed by atoms with van der Waals surface area (Å²) in [5.41, 5.74) is 16.2. The highest BCUT2D eigenvalue weighted by Crippen LogP contribution is 2.64. The van der Waals surface area contributed by atoms with Crippen molar-refractivity contribution in [3.8, 4) is 33.4 Å². The predicted molar refractivity (Wildman–Crippen MR) is 153 cm³/mol. The Hall–Kier alpha value is -3.68. The molecule has 0 atom stereocenters. The molecule has 0 fully saturated rings. The van der Waals surface area contributed by atoms with Crippen molar-refractivity contribution in [3.05, 3.63) is 147 Å². The van der Waals surface area contributed by atoms with Crippen molar-refractivity contribution in [2.24, 2.45) is 0 Å². The summed E-state index contributed by atoms with van der Waals surface area (Å²) < 4.78 is 1.10. The van der Waals surface area contributed by atoms with Crippen LogP contribution in [0.2, 0.25) is 0 Å². The van der Waals surface area contributed by atoms with Crippen molar-refractivity contribution in [1.29, 1.82) is 0 Å². The van der Waals surface area contributed by atoms with Crippen molar-refractivity contribution in [2.75, 3.05) is 0 Å². The van der Waals surface area contributed by atoms with Crippen LogP contribution in [0.25, 0.3) is 39.5 Å². The molecule has 170 valence electrons. The molecule has 0 radical (unpaired) electrons. The van der Waals surface area contributed by atoms with Gasteiger partial charge in [0, 0.05) is 4.47 Å². The average Bonchev–Trinajstić information content (AvgIpc) is 3.40. The van der Waals surface area contributed by atoms with E-state index in [1.54, 1.807) is 0 Å². The van der Waals surface area contributed by atoms with Gasteiger partial charge in [-0.2, -0.15) is 0 Å². The Bertz CT molecular complexity index is 1690. The van der Waals surface area contributed by atoms with E-state index in [1.165, 1.54) is 66.8 Å². The molecule has 0 heterocycles. The molecule has 5 aromatic carbocycles. The summed E-state index contributed by atoms with van der Waals surface area (Å²) in [6.45, 7) is 0. The number of hydrogen-bond acceptors (Lipinski definition) is 0. The fraction of sp³-hybridized carbons (Fsp3) is 0.0857. The third-order valence-corrected chi connectivity index (χ3v) is 8.96. The molecule has 5 aromatic rings. The number of aryl methyl sites for hydroxylation is 1. The first kappa shape index (κ1) is 20.5. The van der Waals surface area contributed by atoms with Gasteiger partial charge in [-0.25, -0.2) is 0 Å². The summed E-state index contributed by atoms with van der Waals surface area (Å²) in [6.07, 6.45) is 6.96. The van der Waals surface area contributed by atoms with Gasteiger partial charge in [0.05, 0.1) is 5.41 Å². The first-order chi connectivity index (χ1) is 17.8. The summed E-state index contributed by atoms with van der Waals surface area (Å²) in [6, 6.07) is 38.8. The number of hydrogen-bond donors (Lipinski definition) is 0. The Morgan fingerprint density at radius 3 is 2.03 bits per heavy atom. The van der Waals surface area contributed by atoms with E-state index >= 15 is 0 Å². The van der Waals surface area contributed by atoms with Crippen LogP contribution in [0.5, 0.6) is 0 Å². The lowest BCUT2D eigenvalue weighted by Gasteiger charge is -2.31. The van der Waals surface area contributed by atoms with Crippen molar-refractivity contribution in [3.63, 3.8) is 0 Å². The highest BCUT2D eigenvalue weighted by molar-refractivity contribution is 9.10. The SMILES string of the molecule is Brc1ccc(-c2ccc3c(c2)C2(c4ccccc4-c4ccccc42)c2ccc4c(c2-3)C=CCC4)cc1. The Balaban J connectivity index is 1.53. The van der Waals surface area contributed by atoms with E-state index in [-0.39, 0.29) is 5.41 Å². The monoisotopic (exact) mass is 522 g/mol. The van der Waals surface area contributed by atoms with Crippen LogP contribution in [-0.2, 0) is 11.8 Å². The molecule has 0 nitrogen and oxygen atoms in total. The molecule has 0 aromatic heterocycles. The van der Waals surface area contributed by atoms with Crippen LogP contribution in [0.4, 0.5) is 0 Å². The molecule has 8 rings (SSSR count). The van der Waals surface area contributed by atoms with Crippen LogP contribution in [0.3, 0.4) is 0 Å². The molecule has 0 aliphatic heterocycles. The van der Waals surface area contributed by atoms with Crippen molar-refractivity contribution < 1.29 is 0 Å². The van der Waals surface area contributed by atoms with E-state index in [9.17, 15) is 0 Å². The molecular formula is C35H23Br. The van der Waals surface area contributed by atoms with Gasteiger partial charge in [-0.1, -0.05) is 113 Å². The lowest BCUT2D eigenvalue weighted by molar-refractivity contribution is 0.792. The molecule has 3 aliphatic rings. The Labute approximate surface area is 220 Å². The maximum atomic E-state index is 3.60. The minimum absolute atomic E-state index is 0.302. The van der Waals surface area contributed by atoms with Crippen molar-refractivity contribution in [2.45, 2.75) is 18.3 Å². The van der Waals surface area contributed by atoms with E-state index in [2.05, 4.69) is 131 Å². The lowest BCUT2D eigenvalue weighted by Crippen LogP contribution is -2.26.